The summed E-state index contributed by atoms with van der Waals surface area (Å²) in [6, 6.07) is 14.7. The highest BCUT2D eigenvalue weighted by Gasteiger charge is 2.24. The van der Waals surface area contributed by atoms with E-state index < -0.39 is 23.4 Å². The number of carbonyl (C=O) groups excluding carboxylic acids is 2. The van der Waals surface area contributed by atoms with Crippen LogP contribution in [0.5, 0.6) is 0 Å². The first-order chi connectivity index (χ1) is 17.9. The van der Waals surface area contributed by atoms with Gasteiger partial charge in [0.05, 0.1) is 28.9 Å². The summed E-state index contributed by atoms with van der Waals surface area (Å²) in [6.45, 7) is 0.977. The zero-order valence-corrected chi connectivity index (χ0v) is 20.0. The SMILES string of the molecule is O=C(N[C@H]1CCOC1)c1cc(NC(=O)c2cc(-c3ncccc3F)c(F)cc2Cl)n(-c2ccccc2)n1. The number of benzene rings is 2. The molecule has 1 saturated heterocycles. The molecule has 0 bridgehead atoms. The fourth-order valence-electron chi connectivity index (χ4n) is 3.93. The number of nitrogens with zero attached hydrogens (tertiary/aromatic N) is 3. The molecule has 2 aromatic carbocycles. The minimum atomic E-state index is -0.830. The van der Waals surface area contributed by atoms with Gasteiger partial charge in [0.1, 0.15) is 23.1 Å². The average Bonchev–Trinajstić information content (AvgIpc) is 3.55. The van der Waals surface area contributed by atoms with Crippen molar-refractivity contribution in [2.45, 2.75) is 12.5 Å². The van der Waals surface area contributed by atoms with Gasteiger partial charge in [-0.25, -0.2) is 13.5 Å². The van der Waals surface area contributed by atoms with Crippen LogP contribution in [0.15, 0.2) is 66.9 Å². The molecule has 1 aliphatic heterocycles. The number of aromatic nitrogens is 3. The smallest absolute Gasteiger partial charge is 0.272 e. The summed E-state index contributed by atoms with van der Waals surface area (Å²) >= 11 is 6.18. The zero-order valence-electron chi connectivity index (χ0n) is 19.2. The van der Waals surface area contributed by atoms with Crippen molar-refractivity contribution in [1.29, 1.82) is 0 Å². The molecule has 0 radical (unpaired) electrons. The number of para-hydroxylation sites is 1. The molecule has 2 amide bonds. The fourth-order valence-corrected chi connectivity index (χ4v) is 4.16. The minimum absolute atomic E-state index is 0.0764. The molecule has 0 aliphatic carbocycles. The molecule has 0 spiro atoms. The average molecular weight is 524 g/mol. The van der Waals surface area contributed by atoms with Gasteiger partial charge in [0.15, 0.2) is 5.69 Å². The Balaban J connectivity index is 1.49. The summed E-state index contributed by atoms with van der Waals surface area (Å²) in [5.74, 6) is -2.54. The topological polar surface area (TPSA) is 98.1 Å². The van der Waals surface area contributed by atoms with Gasteiger partial charge in [0, 0.05) is 24.4 Å². The summed E-state index contributed by atoms with van der Waals surface area (Å²) in [5.41, 5.74) is 0.0750. The van der Waals surface area contributed by atoms with Crippen LogP contribution in [0.2, 0.25) is 5.02 Å². The van der Waals surface area contributed by atoms with Gasteiger partial charge in [-0.1, -0.05) is 29.8 Å². The van der Waals surface area contributed by atoms with Crippen LogP contribution < -0.4 is 10.6 Å². The molecule has 1 atom stereocenters. The summed E-state index contributed by atoms with van der Waals surface area (Å²) in [5, 5.41) is 9.74. The zero-order chi connectivity index (χ0) is 25.9. The molecule has 0 saturated carbocycles. The van der Waals surface area contributed by atoms with Gasteiger partial charge in [-0.05, 0) is 42.8 Å². The van der Waals surface area contributed by atoms with Crippen LogP contribution in [0, 0.1) is 11.6 Å². The number of hydrogen-bond donors (Lipinski definition) is 2. The van der Waals surface area contributed by atoms with Crippen LogP contribution in [0.25, 0.3) is 16.9 Å². The van der Waals surface area contributed by atoms with Crippen LogP contribution in [0.4, 0.5) is 14.6 Å². The second kappa shape index (κ2) is 10.5. The van der Waals surface area contributed by atoms with Gasteiger partial charge in [-0.3, -0.25) is 14.6 Å². The van der Waals surface area contributed by atoms with E-state index in [2.05, 4.69) is 20.7 Å². The molecule has 1 fully saturated rings. The number of carbonyl (C=O) groups is 2. The highest BCUT2D eigenvalue weighted by molar-refractivity contribution is 6.34. The normalized spacial score (nSPS) is 14.9. The fraction of sp³-hybridized carbons (Fsp3) is 0.154. The number of anilines is 1. The Morgan fingerprint density at radius 3 is 2.57 bits per heavy atom. The van der Waals surface area contributed by atoms with Crippen LogP contribution in [0.3, 0.4) is 0 Å². The lowest BCUT2D eigenvalue weighted by Crippen LogP contribution is -2.35. The van der Waals surface area contributed by atoms with E-state index in [9.17, 15) is 18.4 Å². The van der Waals surface area contributed by atoms with Crippen molar-refractivity contribution in [1.82, 2.24) is 20.1 Å². The molecule has 3 heterocycles. The summed E-state index contributed by atoms with van der Waals surface area (Å²) < 4.78 is 35.6. The lowest BCUT2D eigenvalue weighted by molar-refractivity contribution is 0.0923. The quantitative estimate of drug-likeness (QED) is 0.384. The van der Waals surface area contributed by atoms with Crippen molar-refractivity contribution in [2.75, 3.05) is 18.5 Å². The maximum atomic E-state index is 14.6. The van der Waals surface area contributed by atoms with Crippen LogP contribution >= 0.6 is 11.6 Å². The number of amides is 2. The first-order valence-electron chi connectivity index (χ1n) is 11.4. The number of nitrogens with one attached hydrogen (secondary N) is 2. The van der Waals surface area contributed by atoms with E-state index in [1.807, 2.05) is 6.07 Å². The summed E-state index contributed by atoms with van der Waals surface area (Å²) in [4.78, 5) is 30.0. The van der Waals surface area contributed by atoms with Crippen LogP contribution in [-0.4, -0.2) is 45.8 Å². The molecule has 37 heavy (non-hydrogen) atoms. The first kappa shape index (κ1) is 24.5. The molecule has 11 heteroatoms. The largest absolute Gasteiger partial charge is 0.379 e. The lowest BCUT2D eigenvalue weighted by Gasteiger charge is -2.12. The van der Waals surface area contributed by atoms with E-state index in [-0.39, 0.29) is 39.4 Å². The Morgan fingerprint density at radius 2 is 1.84 bits per heavy atom. The standard InChI is InChI=1S/C26H20ClF2N5O3/c27-19-12-21(29)18(24-20(28)7-4-9-30-24)11-17(19)25(35)32-23-13-22(26(36)31-15-8-10-37-14-15)33-34(23)16-5-2-1-3-6-16/h1-7,9,11-13,15H,8,10,14H2,(H,31,36)(H,32,35)/t15-/m0/s1. The molecule has 188 valence electrons. The van der Waals surface area contributed by atoms with Gasteiger partial charge in [-0.2, -0.15) is 5.10 Å². The van der Waals surface area contributed by atoms with Crippen molar-refractivity contribution in [3.63, 3.8) is 0 Å². The third kappa shape index (κ3) is 5.20. The van der Waals surface area contributed by atoms with Gasteiger partial charge in [0.2, 0.25) is 0 Å². The van der Waals surface area contributed by atoms with E-state index >= 15 is 0 Å². The summed E-state index contributed by atoms with van der Waals surface area (Å²) in [6.07, 6.45) is 2.01. The third-order valence-electron chi connectivity index (χ3n) is 5.76. The Bertz CT molecular complexity index is 1470. The van der Waals surface area contributed by atoms with Crippen molar-refractivity contribution in [3.05, 3.63) is 94.8 Å². The molecular formula is C26H20ClF2N5O3. The number of ether oxygens (including phenoxy) is 1. The molecule has 5 rings (SSSR count). The predicted octanol–water partition coefficient (Wildman–Crippen LogP) is 4.64. The second-order valence-corrected chi connectivity index (χ2v) is 8.70. The molecule has 1 aliphatic rings. The molecule has 4 aromatic rings. The highest BCUT2D eigenvalue weighted by Crippen LogP contribution is 2.30. The Hall–Kier alpha value is -4.15. The number of hydrogen-bond acceptors (Lipinski definition) is 5. The maximum Gasteiger partial charge on any atom is 0.272 e. The van der Waals surface area contributed by atoms with Crippen molar-refractivity contribution < 1.29 is 23.1 Å². The van der Waals surface area contributed by atoms with E-state index in [1.54, 1.807) is 24.3 Å². The summed E-state index contributed by atoms with van der Waals surface area (Å²) in [7, 11) is 0. The Kier molecular flexibility index (Phi) is 6.93. The first-order valence-corrected chi connectivity index (χ1v) is 11.7. The van der Waals surface area contributed by atoms with E-state index in [0.717, 1.165) is 18.2 Å². The molecule has 0 unspecified atom stereocenters. The molecular weight excluding hydrogens is 504 g/mol. The molecule has 2 aromatic heterocycles. The minimum Gasteiger partial charge on any atom is -0.379 e. The van der Waals surface area contributed by atoms with Gasteiger partial charge < -0.3 is 15.4 Å². The van der Waals surface area contributed by atoms with E-state index in [4.69, 9.17) is 16.3 Å². The highest BCUT2D eigenvalue weighted by atomic mass is 35.5. The lowest BCUT2D eigenvalue weighted by atomic mass is 10.1. The molecule has 8 nitrogen and oxygen atoms in total. The van der Waals surface area contributed by atoms with Crippen molar-refractivity contribution in [2.24, 2.45) is 0 Å². The van der Waals surface area contributed by atoms with Crippen molar-refractivity contribution >= 4 is 29.2 Å². The number of rotatable bonds is 6. The van der Waals surface area contributed by atoms with E-state index in [0.29, 0.717) is 25.3 Å². The van der Waals surface area contributed by atoms with Crippen molar-refractivity contribution in [3.8, 4) is 16.9 Å². The Labute approximate surface area is 215 Å². The van der Waals surface area contributed by atoms with Gasteiger partial charge >= 0.3 is 0 Å². The number of pyridine rings is 1. The Morgan fingerprint density at radius 1 is 1.03 bits per heavy atom. The van der Waals surface area contributed by atoms with Crippen LogP contribution in [0.1, 0.15) is 27.3 Å². The maximum absolute atomic E-state index is 14.6. The molecule has 2 N–H and O–H groups in total. The van der Waals surface area contributed by atoms with Gasteiger partial charge in [-0.15, -0.1) is 0 Å². The number of halogens is 3. The van der Waals surface area contributed by atoms with Crippen LogP contribution in [-0.2, 0) is 4.74 Å². The third-order valence-corrected chi connectivity index (χ3v) is 6.08. The monoisotopic (exact) mass is 523 g/mol. The second-order valence-electron chi connectivity index (χ2n) is 8.30. The predicted molar refractivity (Wildman–Crippen MR) is 133 cm³/mol. The van der Waals surface area contributed by atoms with E-state index in [1.165, 1.54) is 23.0 Å². The van der Waals surface area contributed by atoms with Gasteiger partial charge in [0.25, 0.3) is 11.8 Å².